The van der Waals surface area contributed by atoms with E-state index in [1.54, 1.807) is 0 Å². The summed E-state index contributed by atoms with van der Waals surface area (Å²) in [6.07, 6.45) is 0. The second-order valence-electron chi connectivity index (χ2n) is 3.30. The maximum absolute atomic E-state index is 5.53. The number of nitrogens with two attached hydrogens (primary N) is 1. The van der Waals surface area contributed by atoms with Crippen molar-refractivity contribution >= 4 is 5.84 Å². The molecule has 0 aliphatic rings. The molecule has 0 aliphatic heterocycles. The molecule has 0 saturated carbocycles. The summed E-state index contributed by atoms with van der Waals surface area (Å²) < 4.78 is 0. The van der Waals surface area contributed by atoms with E-state index in [0.29, 0.717) is 5.84 Å². The molecule has 0 aromatic heterocycles. The van der Waals surface area contributed by atoms with Crippen LogP contribution >= 0.6 is 0 Å². The zero-order chi connectivity index (χ0) is 9.84. The minimum atomic E-state index is 0.159. The van der Waals surface area contributed by atoms with Gasteiger partial charge in [0.25, 0.3) is 0 Å². The summed E-state index contributed by atoms with van der Waals surface area (Å²) in [4.78, 5) is 4.30. The SMILES string of the molecule is CC(N)=NC(C)c1ccccc1C. The molecule has 2 N–H and O–H groups in total. The Morgan fingerprint density at radius 1 is 1.38 bits per heavy atom. The van der Waals surface area contributed by atoms with Gasteiger partial charge in [0.1, 0.15) is 0 Å². The number of aryl methyl sites for hydroxylation is 1. The van der Waals surface area contributed by atoms with Crippen LogP contribution in [0.4, 0.5) is 0 Å². The summed E-state index contributed by atoms with van der Waals surface area (Å²) in [5, 5.41) is 0. The standard InChI is InChI=1S/C11H16N2/c1-8-6-4-5-7-11(8)9(2)13-10(3)12/h4-7,9H,1-3H3,(H2,12,13). The van der Waals surface area contributed by atoms with Crippen molar-refractivity contribution in [3.05, 3.63) is 35.4 Å². The highest BCUT2D eigenvalue weighted by molar-refractivity contribution is 5.77. The van der Waals surface area contributed by atoms with Crippen molar-refractivity contribution in [3.8, 4) is 0 Å². The molecule has 0 bridgehead atoms. The number of hydrogen-bond donors (Lipinski definition) is 1. The molecule has 0 spiro atoms. The molecule has 1 aromatic carbocycles. The lowest BCUT2D eigenvalue weighted by molar-refractivity contribution is 0.809. The number of amidine groups is 1. The van der Waals surface area contributed by atoms with Crippen molar-refractivity contribution in [2.75, 3.05) is 0 Å². The molecule has 2 nitrogen and oxygen atoms in total. The van der Waals surface area contributed by atoms with E-state index < -0.39 is 0 Å². The molecule has 2 heteroatoms. The average Bonchev–Trinajstić information content (AvgIpc) is 2.03. The molecule has 1 aromatic rings. The van der Waals surface area contributed by atoms with E-state index in [-0.39, 0.29) is 6.04 Å². The van der Waals surface area contributed by atoms with E-state index >= 15 is 0 Å². The topological polar surface area (TPSA) is 38.4 Å². The van der Waals surface area contributed by atoms with E-state index in [1.807, 2.05) is 19.1 Å². The highest BCUT2D eigenvalue weighted by Crippen LogP contribution is 2.19. The zero-order valence-corrected chi connectivity index (χ0v) is 8.41. The minimum Gasteiger partial charge on any atom is -0.388 e. The van der Waals surface area contributed by atoms with Crippen LogP contribution in [0.15, 0.2) is 29.3 Å². The molecule has 0 saturated heterocycles. The molecule has 0 amide bonds. The Kier molecular flexibility index (Phi) is 3.07. The summed E-state index contributed by atoms with van der Waals surface area (Å²) in [5.41, 5.74) is 8.04. The quantitative estimate of drug-likeness (QED) is 0.545. The van der Waals surface area contributed by atoms with E-state index in [4.69, 9.17) is 5.73 Å². The van der Waals surface area contributed by atoms with Crippen molar-refractivity contribution in [1.82, 2.24) is 0 Å². The molecular weight excluding hydrogens is 160 g/mol. The first kappa shape index (κ1) is 9.78. The molecule has 0 aliphatic carbocycles. The number of rotatable bonds is 2. The summed E-state index contributed by atoms with van der Waals surface area (Å²) in [6, 6.07) is 8.40. The Hall–Kier alpha value is -1.31. The van der Waals surface area contributed by atoms with Crippen LogP contribution in [0.3, 0.4) is 0 Å². The predicted octanol–water partition coefficient (Wildman–Crippen LogP) is 2.43. The Bertz CT molecular complexity index is 312. The van der Waals surface area contributed by atoms with Crippen molar-refractivity contribution in [2.45, 2.75) is 26.8 Å². The number of aliphatic imine (C=N–C) groups is 1. The van der Waals surface area contributed by atoms with Gasteiger partial charge in [0.05, 0.1) is 11.9 Å². The molecule has 0 fully saturated rings. The van der Waals surface area contributed by atoms with Crippen LogP contribution in [0.1, 0.15) is 31.0 Å². The van der Waals surface area contributed by atoms with Gasteiger partial charge in [-0.2, -0.15) is 0 Å². The summed E-state index contributed by atoms with van der Waals surface area (Å²) in [5.74, 6) is 0.635. The number of benzene rings is 1. The monoisotopic (exact) mass is 176 g/mol. The first-order chi connectivity index (χ1) is 6.11. The highest BCUT2D eigenvalue weighted by atomic mass is 14.9. The van der Waals surface area contributed by atoms with E-state index in [0.717, 1.165) is 0 Å². The van der Waals surface area contributed by atoms with Gasteiger partial charge in [-0.1, -0.05) is 24.3 Å². The molecule has 13 heavy (non-hydrogen) atoms. The summed E-state index contributed by atoms with van der Waals surface area (Å²) in [7, 11) is 0. The third-order valence-corrected chi connectivity index (χ3v) is 2.04. The van der Waals surface area contributed by atoms with Crippen molar-refractivity contribution < 1.29 is 0 Å². The average molecular weight is 176 g/mol. The largest absolute Gasteiger partial charge is 0.388 e. The molecule has 0 heterocycles. The van der Waals surface area contributed by atoms with E-state index in [9.17, 15) is 0 Å². The van der Waals surface area contributed by atoms with Crippen LogP contribution in [-0.2, 0) is 0 Å². The Morgan fingerprint density at radius 2 is 2.00 bits per heavy atom. The first-order valence-corrected chi connectivity index (χ1v) is 4.46. The van der Waals surface area contributed by atoms with Gasteiger partial charge in [-0.3, -0.25) is 4.99 Å². The Morgan fingerprint density at radius 3 is 2.54 bits per heavy atom. The maximum atomic E-state index is 5.53. The van der Waals surface area contributed by atoms with Crippen LogP contribution in [0, 0.1) is 6.92 Å². The van der Waals surface area contributed by atoms with Crippen LogP contribution in [-0.4, -0.2) is 5.84 Å². The lowest BCUT2D eigenvalue weighted by Gasteiger charge is -2.10. The van der Waals surface area contributed by atoms with Crippen LogP contribution in [0.25, 0.3) is 0 Å². The third kappa shape index (κ3) is 2.58. The van der Waals surface area contributed by atoms with Crippen LogP contribution < -0.4 is 5.73 Å². The molecule has 70 valence electrons. The second-order valence-corrected chi connectivity index (χ2v) is 3.30. The smallest absolute Gasteiger partial charge is 0.0913 e. The predicted molar refractivity (Wildman–Crippen MR) is 56.9 cm³/mol. The lowest BCUT2D eigenvalue weighted by atomic mass is 10.0. The van der Waals surface area contributed by atoms with Gasteiger partial charge in [0, 0.05) is 0 Å². The number of hydrogen-bond acceptors (Lipinski definition) is 1. The lowest BCUT2D eigenvalue weighted by Crippen LogP contribution is -2.07. The normalized spacial score (nSPS) is 14.2. The molecule has 1 rings (SSSR count). The van der Waals surface area contributed by atoms with Crippen molar-refractivity contribution in [2.24, 2.45) is 10.7 Å². The van der Waals surface area contributed by atoms with Gasteiger partial charge in [-0.05, 0) is 31.9 Å². The van der Waals surface area contributed by atoms with Gasteiger partial charge in [0.2, 0.25) is 0 Å². The number of nitrogens with zero attached hydrogens (tertiary/aromatic N) is 1. The van der Waals surface area contributed by atoms with Gasteiger partial charge in [0.15, 0.2) is 0 Å². The molecular formula is C11H16N2. The zero-order valence-electron chi connectivity index (χ0n) is 8.41. The van der Waals surface area contributed by atoms with Gasteiger partial charge < -0.3 is 5.73 Å². The first-order valence-electron chi connectivity index (χ1n) is 4.46. The van der Waals surface area contributed by atoms with Crippen molar-refractivity contribution in [3.63, 3.8) is 0 Å². The highest BCUT2D eigenvalue weighted by Gasteiger charge is 2.04. The minimum absolute atomic E-state index is 0.159. The van der Waals surface area contributed by atoms with Crippen LogP contribution in [0.5, 0.6) is 0 Å². The van der Waals surface area contributed by atoms with Crippen LogP contribution in [0.2, 0.25) is 0 Å². The Labute approximate surface area is 79.5 Å². The molecule has 0 radical (unpaired) electrons. The molecule has 1 unspecified atom stereocenters. The fourth-order valence-corrected chi connectivity index (χ4v) is 1.43. The third-order valence-electron chi connectivity index (χ3n) is 2.04. The van der Waals surface area contributed by atoms with Crippen molar-refractivity contribution in [1.29, 1.82) is 0 Å². The molecule has 1 atom stereocenters. The van der Waals surface area contributed by atoms with E-state index in [2.05, 4.69) is 31.0 Å². The summed E-state index contributed by atoms with van der Waals surface area (Å²) in [6.45, 7) is 5.96. The maximum Gasteiger partial charge on any atom is 0.0913 e. The fraction of sp³-hybridized carbons (Fsp3) is 0.364. The van der Waals surface area contributed by atoms with Gasteiger partial charge in [-0.25, -0.2) is 0 Å². The van der Waals surface area contributed by atoms with Gasteiger partial charge >= 0.3 is 0 Å². The van der Waals surface area contributed by atoms with E-state index in [1.165, 1.54) is 11.1 Å². The fourth-order valence-electron chi connectivity index (χ4n) is 1.43. The Balaban J connectivity index is 2.95. The second kappa shape index (κ2) is 4.08. The van der Waals surface area contributed by atoms with Gasteiger partial charge in [-0.15, -0.1) is 0 Å². The summed E-state index contributed by atoms with van der Waals surface area (Å²) >= 11 is 0.